The molecule has 0 aliphatic rings. The van der Waals surface area contributed by atoms with Crippen LogP contribution in [0.2, 0.25) is 0 Å². The van der Waals surface area contributed by atoms with Gasteiger partial charge in [0.15, 0.2) is 0 Å². The minimum Gasteiger partial charge on any atom is -0.464 e. The van der Waals surface area contributed by atoms with Crippen LogP contribution < -0.4 is 5.32 Å². The average molecular weight is 262 g/mol. The van der Waals surface area contributed by atoms with Gasteiger partial charge in [0, 0.05) is 13.1 Å². The van der Waals surface area contributed by atoms with Crippen molar-refractivity contribution in [2.24, 2.45) is 0 Å². The molecular formula is C14H18N2O3. The quantitative estimate of drug-likeness (QED) is 0.563. The van der Waals surface area contributed by atoms with Gasteiger partial charge in [0.2, 0.25) is 0 Å². The molecule has 0 aliphatic heterocycles. The molecule has 0 heterocycles. The molecule has 0 unspecified atom stereocenters. The highest BCUT2D eigenvalue weighted by Crippen LogP contribution is 2.02. The van der Waals surface area contributed by atoms with Crippen LogP contribution in [0.4, 0.5) is 0 Å². The van der Waals surface area contributed by atoms with E-state index >= 15 is 0 Å². The highest BCUT2D eigenvalue weighted by Gasteiger charge is 2.00. The lowest BCUT2D eigenvalue weighted by molar-refractivity contribution is -0.148. The molecule has 1 rings (SSSR count). The molecule has 0 amide bonds. The third kappa shape index (κ3) is 6.55. The van der Waals surface area contributed by atoms with Gasteiger partial charge in [-0.1, -0.05) is 12.1 Å². The Balaban J connectivity index is 2.07. The summed E-state index contributed by atoms with van der Waals surface area (Å²) in [5.74, 6) is -0.338. The van der Waals surface area contributed by atoms with Crippen molar-refractivity contribution in [3.8, 4) is 6.07 Å². The molecule has 0 aromatic heterocycles. The van der Waals surface area contributed by atoms with Crippen molar-refractivity contribution in [1.82, 2.24) is 5.32 Å². The fraction of sp³-hybridized carbons (Fsp3) is 0.429. The fourth-order valence-corrected chi connectivity index (χ4v) is 1.43. The zero-order chi connectivity index (χ0) is 13.9. The number of carbonyl (C=O) groups is 1. The molecule has 1 aromatic carbocycles. The summed E-state index contributed by atoms with van der Waals surface area (Å²) in [7, 11) is 0. The van der Waals surface area contributed by atoms with E-state index in [1.165, 1.54) is 0 Å². The van der Waals surface area contributed by atoms with Crippen LogP contribution in [0, 0.1) is 11.3 Å². The van der Waals surface area contributed by atoms with Gasteiger partial charge < -0.3 is 14.8 Å². The predicted molar refractivity (Wildman–Crippen MR) is 70.3 cm³/mol. The number of esters is 1. The Bertz CT molecular complexity index is 423. The van der Waals surface area contributed by atoms with E-state index in [4.69, 9.17) is 14.7 Å². The lowest BCUT2D eigenvalue weighted by Crippen LogP contribution is -2.21. The standard InChI is InChI=1S/C14H18N2O3/c1-2-19-14(17)11-18-8-7-16-10-13-5-3-12(9-15)4-6-13/h3-6,16H,2,7-8,10-11H2,1H3. The minimum absolute atomic E-state index is 0.00755. The first-order chi connectivity index (χ1) is 9.26. The summed E-state index contributed by atoms with van der Waals surface area (Å²) in [6.45, 7) is 3.94. The number of hydrogen-bond donors (Lipinski definition) is 1. The number of rotatable bonds is 8. The monoisotopic (exact) mass is 262 g/mol. The molecule has 1 aromatic rings. The van der Waals surface area contributed by atoms with Crippen molar-refractivity contribution in [2.45, 2.75) is 13.5 Å². The van der Waals surface area contributed by atoms with Gasteiger partial charge in [-0.3, -0.25) is 0 Å². The third-order valence-electron chi connectivity index (χ3n) is 2.36. The number of nitrogens with one attached hydrogen (secondary N) is 1. The molecule has 0 saturated heterocycles. The van der Waals surface area contributed by atoms with E-state index in [0.29, 0.717) is 31.9 Å². The first-order valence-corrected chi connectivity index (χ1v) is 6.19. The van der Waals surface area contributed by atoms with Crippen LogP contribution in [0.25, 0.3) is 0 Å². The number of carbonyl (C=O) groups excluding carboxylic acids is 1. The van der Waals surface area contributed by atoms with Gasteiger partial charge in [0.1, 0.15) is 6.61 Å². The molecule has 0 saturated carbocycles. The SMILES string of the molecule is CCOC(=O)COCCNCc1ccc(C#N)cc1. The number of ether oxygens (including phenoxy) is 2. The molecule has 0 spiro atoms. The van der Waals surface area contributed by atoms with Gasteiger partial charge in [0.05, 0.1) is 24.8 Å². The second kappa shape index (κ2) is 9.09. The van der Waals surface area contributed by atoms with Gasteiger partial charge in [-0.05, 0) is 24.6 Å². The van der Waals surface area contributed by atoms with E-state index < -0.39 is 0 Å². The topological polar surface area (TPSA) is 71.3 Å². The molecule has 5 heteroatoms. The van der Waals surface area contributed by atoms with E-state index in [-0.39, 0.29) is 12.6 Å². The van der Waals surface area contributed by atoms with Gasteiger partial charge in [0.25, 0.3) is 0 Å². The molecule has 0 bridgehead atoms. The Morgan fingerprint density at radius 2 is 2.11 bits per heavy atom. The summed E-state index contributed by atoms with van der Waals surface area (Å²) in [5, 5.41) is 11.8. The maximum absolute atomic E-state index is 11.0. The van der Waals surface area contributed by atoms with Gasteiger partial charge in [-0.25, -0.2) is 4.79 Å². The van der Waals surface area contributed by atoms with Crippen molar-refractivity contribution in [2.75, 3.05) is 26.4 Å². The Kier molecular flexibility index (Phi) is 7.25. The number of benzene rings is 1. The second-order valence-electron chi connectivity index (χ2n) is 3.84. The van der Waals surface area contributed by atoms with Crippen molar-refractivity contribution < 1.29 is 14.3 Å². The van der Waals surface area contributed by atoms with Gasteiger partial charge in [-0.15, -0.1) is 0 Å². The smallest absolute Gasteiger partial charge is 0.332 e. The highest BCUT2D eigenvalue weighted by atomic mass is 16.6. The molecule has 102 valence electrons. The normalized spacial score (nSPS) is 9.89. The number of nitriles is 1. The Morgan fingerprint density at radius 3 is 2.74 bits per heavy atom. The second-order valence-corrected chi connectivity index (χ2v) is 3.84. The van der Waals surface area contributed by atoms with Crippen LogP contribution in [0.1, 0.15) is 18.1 Å². The van der Waals surface area contributed by atoms with Crippen molar-refractivity contribution in [3.05, 3.63) is 35.4 Å². The summed E-state index contributed by atoms with van der Waals surface area (Å²) >= 11 is 0. The minimum atomic E-state index is -0.338. The largest absolute Gasteiger partial charge is 0.464 e. The predicted octanol–water partition coefficient (Wildman–Crippen LogP) is 1.23. The number of nitrogens with zero attached hydrogens (tertiary/aromatic N) is 1. The van der Waals surface area contributed by atoms with Crippen LogP contribution in [0.15, 0.2) is 24.3 Å². The zero-order valence-electron chi connectivity index (χ0n) is 11.0. The number of hydrogen-bond acceptors (Lipinski definition) is 5. The van der Waals surface area contributed by atoms with Crippen LogP contribution in [-0.4, -0.2) is 32.3 Å². The Morgan fingerprint density at radius 1 is 1.37 bits per heavy atom. The van der Waals surface area contributed by atoms with E-state index in [2.05, 4.69) is 11.4 Å². The van der Waals surface area contributed by atoms with Gasteiger partial charge in [-0.2, -0.15) is 5.26 Å². The van der Waals surface area contributed by atoms with E-state index in [1.807, 2.05) is 12.1 Å². The summed E-state index contributed by atoms with van der Waals surface area (Å²) in [4.78, 5) is 11.0. The average Bonchev–Trinajstić information content (AvgIpc) is 2.43. The zero-order valence-corrected chi connectivity index (χ0v) is 11.0. The fourth-order valence-electron chi connectivity index (χ4n) is 1.43. The first-order valence-electron chi connectivity index (χ1n) is 6.19. The van der Waals surface area contributed by atoms with E-state index in [1.54, 1.807) is 19.1 Å². The molecule has 0 radical (unpaired) electrons. The summed E-state index contributed by atoms with van der Waals surface area (Å²) in [5.41, 5.74) is 1.76. The lowest BCUT2D eigenvalue weighted by atomic mass is 10.1. The first kappa shape index (κ1) is 15.2. The van der Waals surface area contributed by atoms with Crippen molar-refractivity contribution >= 4 is 5.97 Å². The van der Waals surface area contributed by atoms with Crippen LogP contribution in [0.3, 0.4) is 0 Å². The molecule has 0 aliphatic carbocycles. The Hall–Kier alpha value is -1.90. The summed E-state index contributed by atoms with van der Waals surface area (Å²) < 4.78 is 9.87. The molecule has 1 N–H and O–H groups in total. The van der Waals surface area contributed by atoms with Crippen molar-refractivity contribution in [3.63, 3.8) is 0 Å². The van der Waals surface area contributed by atoms with Crippen LogP contribution in [-0.2, 0) is 20.8 Å². The summed E-state index contributed by atoms with van der Waals surface area (Å²) in [6, 6.07) is 9.46. The Labute approximate surface area is 113 Å². The van der Waals surface area contributed by atoms with Gasteiger partial charge >= 0.3 is 5.97 Å². The van der Waals surface area contributed by atoms with Crippen LogP contribution >= 0.6 is 0 Å². The van der Waals surface area contributed by atoms with E-state index in [9.17, 15) is 4.79 Å². The maximum Gasteiger partial charge on any atom is 0.332 e. The maximum atomic E-state index is 11.0. The molecule has 5 nitrogen and oxygen atoms in total. The third-order valence-corrected chi connectivity index (χ3v) is 2.36. The highest BCUT2D eigenvalue weighted by molar-refractivity contribution is 5.70. The van der Waals surface area contributed by atoms with Crippen LogP contribution in [0.5, 0.6) is 0 Å². The van der Waals surface area contributed by atoms with E-state index in [0.717, 1.165) is 5.56 Å². The molecular weight excluding hydrogens is 244 g/mol. The summed E-state index contributed by atoms with van der Waals surface area (Å²) in [6.07, 6.45) is 0. The van der Waals surface area contributed by atoms with Crippen molar-refractivity contribution in [1.29, 1.82) is 5.26 Å². The lowest BCUT2D eigenvalue weighted by Gasteiger charge is -2.06. The molecule has 19 heavy (non-hydrogen) atoms. The molecule has 0 atom stereocenters. The molecule has 0 fully saturated rings.